The molecule has 0 amide bonds. The maximum atomic E-state index is 13.5. The molecule has 0 aliphatic rings. The van der Waals surface area contributed by atoms with Gasteiger partial charge < -0.3 is 5.73 Å². The summed E-state index contributed by atoms with van der Waals surface area (Å²) in [5, 5.41) is 0. The number of alkyl halides is 2. The van der Waals surface area contributed by atoms with Gasteiger partial charge in [0.05, 0.1) is 0 Å². The number of rotatable bonds is 3. The third kappa shape index (κ3) is 3.72. The number of hydrogen-bond donors (Lipinski definition) is 1. The smallest absolute Gasteiger partial charge is 0.242 e. The normalized spacial score (nSPS) is 12.4. The van der Waals surface area contributed by atoms with Crippen molar-refractivity contribution in [1.82, 2.24) is 0 Å². The summed E-state index contributed by atoms with van der Waals surface area (Å²) in [6.45, 7) is 1.62. The second kappa shape index (κ2) is 5.98. The Labute approximate surface area is 92.9 Å². The van der Waals surface area contributed by atoms with Crippen LogP contribution in [0.25, 0.3) is 0 Å². The molecule has 0 aromatic heterocycles. The topological polar surface area (TPSA) is 26.0 Å². The molecule has 0 aliphatic carbocycles. The van der Waals surface area contributed by atoms with Crippen LogP contribution < -0.4 is 5.73 Å². The van der Waals surface area contributed by atoms with Crippen LogP contribution in [-0.4, -0.2) is 6.43 Å². The monoisotopic (exact) mass is 239 g/mol. The molecule has 1 nitrogen and oxygen atoms in total. The van der Waals surface area contributed by atoms with Crippen LogP contribution in [0.15, 0.2) is 18.2 Å². The van der Waals surface area contributed by atoms with Crippen LogP contribution in [0.1, 0.15) is 24.1 Å². The Morgan fingerprint density at radius 1 is 1.33 bits per heavy atom. The van der Waals surface area contributed by atoms with Crippen molar-refractivity contribution < 1.29 is 13.2 Å². The fourth-order valence-electron chi connectivity index (χ4n) is 1.28. The second-order valence-electron chi connectivity index (χ2n) is 3.20. The molecule has 15 heavy (non-hydrogen) atoms. The molecule has 0 heterocycles. The summed E-state index contributed by atoms with van der Waals surface area (Å²) in [5.74, 6) is -0.609. The Bertz CT molecular complexity index is 316. The van der Waals surface area contributed by atoms with Crippen molar-refractivity contribution in [2.75, 3.05) is 0 Å². The summed E-state index contributed by atoms with van der Waals surface area (Å²) in [6, 6.07) is 3.93. The summed E-state index contributed by atoms with van der Waals surface area (Å²) in [5.41, 5.74) is 5.79. The highest BCUT2D eigenvalue weighted by Gasteiger charge is 2.14. The molecule has 0 radical (unpaired) electrons. The van der Waals surface area contributed by atoms with E-state index in [2.05, 4.69) is 0 Å². The Balaban J connectivity index is 0.00000196. The lowest BCUT2D eigenvalue weighted by molar-refractivity contribution is 0.147. The lowest BCUT2D eigenvalue weighted by atomic mass is 10.0. The lowest BCUT2D eigenvalue weighted by Gasteiger charge is -2.10. The molecule has 0 saturated heterocycles. The summed E-state index contributed by atoms with van der Waals surface area (Å²) in [4.78, 5) is 0. The van der Waals surface area contributed by atoms with Crippen LogP contribution in [0.5, 0.6) is 0 Å². The minimum atomic E-state index is -2.53. The minimum Gasteiger partial charge on any atom is -0.324 e. The average molecular weight is 240 g/mol. The zero-order valence-corrected chi connectivity index (χ0v) is 9.03. The first-order valence-electron chi connectivity index (χ1n) is 4.33. The van der Waals surface area contributed by atoms with Gasteiger partial charge in [0, 0.05) is 18.0 Å². The van der Waals surface area contributed by atoms with Crippen molar-refractivity contribution in [1.29, 1.82) is 0 Å². The van der Waals surface area contributed by atoms with Crippen LogP contribution in [0.3, 0.4) is 0 Å². The van der Waals surface area contributed by atoms with E-state index in [-0.39, 0.29) is 23.5 Å². The van der Waals surface area contributed by atoms with Gasteiger partial charge in [-0.25, -0.2) is 13.2 Å². The van der Waals surface area contributed by atoms with Crippen LogP contribution in [0, 0.1) is 5.82 Å². The summed E-state index contributed by atoms with van der Waals surface area (Å²) < 4.78 is 37.5. The van der Waals surface area contributed by atoms with Crippen molar-refractivity contribution in [3.8, 4) is 0 Å². The molecule has 0 aliphatic heterocycles. The van der Waals surface area contributed by atoms with Gasteiger partial charge in [-0.3, -0.25) is 0 Å². The Kier molecular flexibility index (Phi) is 5.68. The molecule has 5 heteroatoms. The van der Waals surface area contributed by atoms with E-state index in [4.69, 9.17) is 5.73 Å². The van der Waals surface area contributed by atoms with Gasteiger partial charge in [-0.05, 0) is 12.5 Å². The van der Waals surface area contributed by atoms with E-state index in [1.807, 2.05) is 0 Å². The predicted molar refractivity (Wildman–Crippen MR) is 56.0 cm³/mol. The highest BCUT2D eigenvalue weighted by Crippen LogP contribution is 2.20. The molecule has 0 saturated carbocycles. The van der Waals surface area contributed by atoms with Crippen molar-refractivity contribution in [2.45, 2.75) is 25.8 Å². The molecule has 1 aromatic rings. The third-order valence-corrected chi connectivity index (χ3v) is 1.97. The fourth-order valence-corrected chi connectivity index (χ4v) is 1.28. The molecule has 0 unspecified atom stereocenters. The zero-order valence-electron chi connectivity index (χ0n) is 8.21. The first kappa shape index (κ1) is 14.3. The third-order valence-electron chi connectivity index (χ3n) is 1.97. The maximum Gasteiger partial charge on any atom is 0.242 e. The van der Waals surface area contributed by atoms with Gasteiger partial charge in [-0.2, -0.15) is 0 Å². The Morgan fingerprint density at radius 3 is 2.40 bits per heavy atom. The first-order chi connectivity index (χ1) is 6.52. The quantitative estimate of drug-likeness (QED) is 0.862. The van der Waals surface area contributed by atoms with Crippen molar-refractivity contribution >= 4 is 12.4 Å². The Hall–Kier alpha value is -0.740. The van der Waals surface area contributed by atoms with Crippen LogP contribution >= 0.6 is 12.4 Å². The van der Waals surface area contributed by atoms with Crippen molar-refractivity contribution in [2.24, 2.45) is 5.73 Å². The molecule has 1 rings (SSSR count). The van der Waals surface area contributed by atoms with E-state index in [0.717, 1.165) is 0 Å². The van der Waals surface area contributed by atoms with Gasteiger partial charge in [0.25, 0.3) is 0 Å². The van der Waals surface area contributed by atoms with Gasteiger partial charge in [0.15, 0.2) is 0 Å². The molecule has 1 atom stereocenters. The van der Waals surface area contributed by atoms with E-state index in [0.29, 0.717) is 0 Å². The molecule has 86 valence electrons. The largest absolute Gasteiger partial charge is 0.324 e. The van der Waals surface area contributed by atoms with E-state index in [1.54, 1.807) is 13.0 Å². The molecule has 0 bridgehead atoms. The van der Waals surface area contributed by atoms with Crippen LogP contribution in [0.4, 0.5) is 13.2 Å². The maximum absolute atomic E-state index is 13.5. The second-order valence-corrected chi connectivity index (χ2v) is 3.20. The number of hydrogen-bond acceptors (Lipinski definition) is 1. The predicted octanol–water partition coefficient (Wildman–Crippen LogP) is 3.07. The SMILES string of the molecule is C[C@@H](N)c1cccc(CC(F)F)c1F.Cl. The minimum absolute atomic E-state index is 0. The summed E-state index contributed by atoms with van der Waals surface area (Å²) in [7, 11) is 0. The van der Waals surface area contributed by atoms with Gasteiger partial charge in [-0.1, -0.05) is 18.2 Å². The van der Waals surface area contributed by atoms with Gasteiger partial charge in [-0.15, -0.1) is 12.4 Å². The van der Waals surface area contributed by atoms with Gasteiger partial charge >= 0.3 is 0 Å². The van der Waals surface area contributed by atoms with Gasteiger partial charge in [0.2, 0.25) is 6.43 Å². The molecule has 2 N–H and O–H groups in total. The molecule has 0 fully saturated rings. The number of halogens is 4. The van der Waals surface area contributed by atoms with Gasteiger partial charge in [0.1, 0.15) is 5.82 Å². The van der Waals surface area contributed by atoms with E-state index in [1.165, 1.54) is 12.1 Å². The molecular weight excluding hydrogens is 227 g/mol. The number of benzene rings is 1. The summed E-state index contributed by atoms with van der Waals surface area (Å²) >= 11 is 0. The van der Waals surface area contributed by atoms with E-state index >= 15 is 0 Å². The van der Waals surface area contributed by atoms with Crippen molar-refractivity contribution in [3.05, 3.63) is 35.1 Å². The first-order valence-corrected chi connectivity index (χ1v) is 4.33. The fraction of sp³-hybridized carbons (Fsp3) is 0.400. The molecule has 0 spiro atoms. The van der Waals surface area contributed by atoms with Crippen molar-refractivity contribution in [3.63, 3.8) is 0 Å². The number of nitrogens with two attached hydrogens (primary N) is 1. The standard InChI is InChI=1S/C10H12F3N.ClH/c1-6(14)8-4-2-3-7(10(8)13)5-9(11)12;/h2-4,6,9H,5,14H2,1H3;1H/t6-;/m1./s1. The van der Waals surface area contributed by atoms with Crippen LogP contribution in [-0.2, 0) is 6.42 Å². The summed E-state index contributed by atoms with van der Waals surface area (Å²) in [6.07, 6.45) is -3.10. The van der Waals surface area contributed by atoms with E-state index < -0.39 is 24.7 Å². The molecule has 1 aromatic carbocycles. The Morgan fingerprint density at radius 2 is 1.93 bits per heavy atom. The average Bonchev–Trinajstić information content (AvgIpc) is 2.07. The highest BCUT2D eigenvalue weighted by molar-refractivity contribution is 5.85. The van der Waals surface area contributed by atoms with E-state index in [9.17, 15) is 13.2 Å². The lowest BCUT2D eigenvalue weighted by Crippen LogP contribution is -2.10. The van der Waals surface area contributed by atoms with Crippen LogP contribution in [0.2, 0.25) is 0 Å². The zero-order chi connectivity index (χ0) is 10.7. The molecular formula is C10H13ClF3N. The highest BCUT2D eigenvalue weighted by atomic mass is 35.5.